The monoisotopic (exact) mass is 257 g/mol. The molecule has 5 heteroatoms. The van der Waals surface area contributed by atoms with Crippen LogP contribution in [0.25, 0.3) is 0 Å². The molecule has 1 rings (SSSR count). The van der Waals surface area contributed by atoms with Crippen LogP contribution in [0.1, 0.15) is 20.3 Å². The first-order valence-electron chi connectivity index (χ1n) is 6.75. The SMILES string of the molecule is CC(C)C(CNC(=O)CC1COCCN1)N(C)C. The summed E-state index contributed by atoms with van der Waals surface area (Å²) >= 11 is 0. The Morgan fingerprint density at radius 2 is 2.22 bits per heavy atom. The molecule has 1 saturated heterocycles. The number of carbonyl (C=O) groups is 1. The maximum absolute atomic E-state index is 11.8. The Bertz CT molecular complexity index is 243. The van der Waals surface area contributed by atoms with Crippen molar-refractivity contribution in [2.24, 2.45) is 5.92 Å². The number of carbonyl (C=O) groups excluding carboxylic acids is 1. The van der Waals surface area contributed by atoms with Gasteiger partial charge in [-0.25, -0.2) is 0 Å². The maximum Gasteiger partial charge on any atom is 0.221 e. The molecule has 1 aliphatic heterocycles. The Morgan fingerprint density at radius 1 is 1.50 bits per heavy atom. The van der Waals surface area contributed by atoms with E-state index >= 15 is 0 Å². The van der Waals surface area contributed by atoms with Crippen LogP contribution in [0, 0.1) is 5.92 Å². The second-order valence-electron chi connectivity index (χ2n) is 5.51. The third-order valence-corrected chi connectivity index (χ3v) is 3.37. The zero-order chi connectivity index (χ0) is 13.5. The van der Waals surface area contributed by atoms with Gasteiger partial charge < -0.3 is 20.3 Å². The van der Waals surface area contributed by atoms with E-state index in [0.29, 0.717) is 31.5 Å². The molecule has 2 atom stereocenters. The number of morpholine rings is 1. The summed E-state index contributed by atoms with van der Waals surface area (Å²) in [6.07, 6.45) is 0.498. The second kappa shape index (κ2) is 7.71. The molecule has 0 aliphatic carbocycles. The smallest absolute Gasteiger partial charge is 0.221 e. The van der Waals surface area contributed by atoms with Gasteiger partial charge in [0.05, 0.1) is 13.2 Å². The molecular formula is C13H27N3O2. The van der Waals surface area contributed by atoms with Crippen LogP contribution in [0.2, 0.25) is 0 Å². The topological polar surface area (TPSA) is 53.6 Å². The second-order valence-corrected chi connectivity index (χ2v) is 5.51. The Balaban J connectivity index is 2.26. The number of amides is 1. The fraction of sp³-hybridized carbons (Fsp3) is 0.923. The van der Waals surface area contributed by atoms with Gasteiger partial charge in [-0.05, 0) is 20.0 Å². The van der Waals surface area contributed by atoms with Gasteiger partial charge in [0.15, 0.2) is 0 Å². The average Bonchev–Trinajstić information content (AvgIpc) is 2.29. The van der Waals surface area contributed by atoms with Crippen molar-refractivity contribution in [3.8, 4) is 0 Å². The van der Waals surface area contributed by atoms with Crippen LogP contribution in [0.3, 0.4) is 0 Å². The van der Waals surface area contributed by atoms with Crippen LogP contribution < -0.4 is 10.6 Å². The van der Waals surface area contributed by atoms with Crippen molar-refractivity contribution in [2.75, 3.05) is 40.4 Å². The van der Waals surface area contributed by atoms with Gasteiger partial charge in [-0.1, -0.05) is 13.8 Å². The number of nitrogens with one attached hydrogen (secondary N) is 2. The number of rotatable bonds is 6. The Hall–Kier alpha value is -0.650. The highest BCUT2D eigenvalue weighted by atomic mass is 16.5. The first kappa shape index (κ1) is 15.4. The lowest BCUT2D eigenvalue weighted by molar-refractivity contribution is -0.122. The van der Waals surface area contributed by atoms with E-state index in [-0.39, 0.29) is 11.9 Å². The van der Waals surface area contributed by atoms with E-state index in [2.05, 4.69) is 29.4 Å². The number of nitrogens with zero attached hydrogens (tertiary/aromatic N) is 1. The minimum absolute atomic E-state index is 0.102. The highest BCUT2D eigenvalue weighted by Gasteiger charge is 2.19. The fourth-order valence-electron chi connectivity index (χ4n) is 2.28. The van der Waals surface area contributed by atoms with Gasteiger partial charge >= 0.3 is 0 Å². The van der Waals surface area contributed by atoms with Crippen molar-refractivity contribution in [3.05, 3.63) is 0 Å². The molecule has 106 valence electrons. The van der Waals surface area contributed by atoms with E-state index in [0.717, 1.165) is 13.2 Å². The summed E-state index contributed by atoms with van der Waals surface area (Å²) in [4.78, 5) is 14.0. The molecule has 0 aromatic rings. The number of hydrogen-bond donors (Lipinski definition) is 2. The van der Waals surface area contributed by atoms with Crippen molar-refractivity contribution < 1.29 is 9.53 Å². The highest BCUT2D eigenvalue weighted by Crippen LogP contribution is 2.06. The first-order chi connectivity index (χ1) is 8.50. The zero-order valence-electron chi connectivity index (χ0n) is 12.0. The van der Waals surface area contributed by atoms with Crippen LogP contribution in [-0.4, -0.2) is 63.3 Å². The molecular weight excluding hydrogens is 230 g/mol. The molecule has 0 spiro atoms. The lowest BCUT2D eigenvalue weighted by atomic mass is 10.0. The fourth-order valence-corrected chi connectivity index (χ4v) is 2.28. The summed E-state index contributed by atoms with van der Waals surface area (Å²) in [7, 11) is 4.10. The quantitative estimate of drug-likeness (QED) is 0.707. The summed E-state index contributed by atoms with van der Waals surface area (Å²) in [6.45, 7) is 7.27. The minimum atomic E-state index is 0.102. The van der Waals surface area contributed by atoms with Gasteiger partial charge in [0.2, 0.25) is 5.91 Å². The van der Waals surface area contributed by atoms with Gasteiger partial charge in [0, 0.05) is 31.6 Å². The lowest BCUT2D eigenvalue weighted by Gasteiger charge is -2.28. The number of likely N-dealkylation sites (N-methyl/N-ethyl adjacent to an activating group) is 1. The lowest BCUT2D eigenvalue weighted by Crippen LogP contribution is -2.47. The maximum atomic E-state index is 11.8. The van der Waals surface area contributed by atoms with Gasteiger partial charge in [-0.2, -0.15) is 0 Å². The molecule has 18 heavy (non-hydrogen) atoms. The molecule has 0 radical (unpaired) electrons. The molecule has 0 saturated carbocycles. The van der Waals surface area contributed by atoms with E-state index in [9.17, 15) is 4.79 Å². The predicted octanol–water partition coefficient (Wildman–Crippen LogP) is 0.0673. The standard InChI is InChI=1S/C13H27N3O2/c1-10(2)12(16(3)4)8-15-13(17)7-11-9-18-6-5-14-11/h10-12,14H,5-9H2,1-4H3,(H,15,17). The number of ether oxygens (including phenoxy) is 1. The normalized spacial score (nSPS) is 22.2. The van der Waals surface area contributed by atoms with Crippen LogP contribution in [0.15, 0.2) is 0 Å². The minimum Gasteiger partial charge on any atom is -0.378 e. The molecule has 0 aromatic heterocycles. The summed E-state index contributed by atoms with van der Waals surface area (Å²) in [6, 6.07) is 0.542. The average molecular weight is 257 g/mol. The van der Waals surface area contributed by atoms with Gasteiger partial charge in [-0.3, -0.25) is 4.79 Å². The predicted molar refractivity (Wildman–Crippen MR) is 72.5 cm³/mol. The van der Waals surface area contributed by atoms with Crippen molar-refractivity contribution >= 4 is 5.91 Å². The molecule has 1 fully saturated rings. The van der Waals surface area contributed by atoms with E-state index in [4.69, 9.17) is 4.74 Å². The highest BCUT2D eigenvalue weighted by molar-refractivity contribution is 5.76. The third-order valence-electron chi connectivity index (χ3n) is 3.37. The molecule has 2 N–H and O–H groups in total. The molecule has 5 nitrogen and oxygen atoms in total. The third kappa shape index (κ3) is 5.33. The van der Waals surface area contributed by atoms with E-state index in [1.807, 2.05) is 14.1 Å². The molecule has 1 amide bonds. The Morgan fingerprint density at radius 3 is 2.72 bits per heavy atom. The first-order valence-corrected chi connectivity index (χ1v) is 6.75. The van der Waals surface area contributed by atoms with Crippen LogP contribution >= 0.6 is 0 Å². The molecule has 2 unspecified atom stereocenters. The largest absolute Gasteiger partial charge is 0.378 e. The zero-order valence-corrected chi connectivity index (χ0v) is 12.0. The summed E-state index contributed by atoms with van der Waals surface area (Å²) in [5, 5.41) is 6.30. The van der Waals surface area contributed by atoms with Gasteiger partial charge in [0.25, 0.3) is 0 Å². The van der Waals surface area contributed by atoms with Crippen molar-refractivity contribution in [1.82, 2.24) is 15.5 Å². The Kier molecular flexibility index (Phi) is 6.60. The summed E-state index contributed by atoms with van der Waals surface area (Å²) < 4.78 is 5.33. The van der Waals surface area contributed by atoms with Crippen LogP contribution in [0.4, 0.5) is 0 Å². The van der Waals surface area contributed by atoms with E-state index < -0.39 is 0 Å². The van der Waals surface area contributed by atoms with Crippen LogP contribution in [-0.2, 0) is 9.53 Å². The molecule has 0 bridgehead atoms. The van der Waals surface area contributed by atoms with Gasteiger partial charge in [0.1, 0.15) is 0 Å². The van der Waals surface area contributed by atoms with E-state index in [1.54, 1.807) is 0 Å². The Labute approximate surface area is 110 Å². The number of hydrogen-bond acceptors (Lipinski definition) is 4. The van der Waals surface area contributed by atoms with Crippen molar-refractivity contribution in [2.45, 2.75) is 32.4 Å². The summed E-state index contributed by atoms with van der Waals surface area (Å²) in [5.74, 6) is 0.627. The molecule has 0 aromatic carbocycles. The van der Waals surface area contributed by atoms with E-state index in [1.165, 1.54) is 0 Å². The molecule has 1 aliphatic rings. The summed E-state index contributed by atoms with van der Waals surface area (Å²) in [5.41, 5.74) is 0. The van der Waals surface area contributed by atoms with Gasteiger partial charge in [-0.15, -0.1) is 0 Å². The van der Waals surface area contributed by atoms with Crippen molar-refractivity contribution in [3.63, 3.8) is 0 Å². The molecule has 1 heterocycles. The van der Waals surface area contributed by atoms with Crippen molar-refractivity contribution in [1.29, 1.82) is 0 Å². The van der Waals surface area contributed by atoms with Crippen LogP contribution in [0.5, 0.6) is 0 Å².